The maximum Gasteiger partial charge on any atom is 0.306 e. The summed E-state index contributed by atoms with van der Waals surface area (Å²) in [6.45, 7) is 2.00. The van der Waals surface area contributed by atoms with Crippen LogP contribution in [0.4, 0.5) is 0 Å². The molecule has 2 rings (SSSR count). The van der Waals surface area contributed by atoms with Crippen molar-refractivity contribution in [1.82, 2.24) is 5.32 Å². The predicted molar refractivity (Wildman–Crippen MR) is 80.1 cm³/mol. The van der Waals surface area contributed by atoms with Gasteiger partial charge in [0, 0.05) is 15.2 Å². The molecule has 0 spiro atoms. The van der Waals surface area contributed by atoms with Gasteiger partial charge in [-0.25, -0.2) is 0 Å². The lowest BCUT2D eigenvalue weighted by Crippen LogP contribution is -2.33. The fourth-order valence-corrected chi connectivity index (χ4v) is 2.86. The molecule has 2 atom stereocenters. The minimum Gasteiger partial charge on any atom is -0.481 e. The van der Waals surface area contributed by atoms with Crippen LogP contribution < -0.4 is 5.32 Å². The summed E-state index contributed by atoms with van der Waals surface area (Å²) in [4.78, 5) is 23.0. The van der Waals surface area contributed by atoms with E-state index in [4.69, 9.17) is 5.11 Å². The van der Waals surface area contributed by atoms with Crippen LogP contribution in [0.5, 0.6) is 0 Å². The van der Waals surface area contributed by atoms with Crippen LogP contribution in [0, 0.1) is 16.4 Å². The van der Waals surface area contributed by atoms with Crippen LogP contribution in [0.3, 0.4) is 0 Å². The maximum absolute atomic E-state index is 12.1. The second kappa shape index (κ2) is 5.90. The molecule has 0 aromatic heterocycles. The van der Waals surface area contributed by atoms with Crippen molar-refractivity contribution in [2.45, 2.75) is 32.2 Å². The van der Waals surface area contributed by atoms with Gasteiger partial charge in [-0.05, 0) is 66.5 Å². The van der Waals surface area contributed by atoms with Crippen molar-refractivity contribution < 1.29 is 14.7 Å². The normalized spacial score (nSPS) is 22.2. The molecule has 0 saturated heterocycles. The molecule has 5 heteroatoms. The number of benzene rings is 1. The van der Waals surface area contributed by atoms with Crippen molar-refractivity contribution in [3.8, 4) is 0 Å². The average molecular weight is 373 g/mol. The van der Waals surface area contributed by atoms with E-state index in [0.29, 0.717) is 18.4 Å². The molecule has 0 unspecified atom stereocenters. The summed E-state index contributed by atoms with van der Waals surface area (Å²) >= 11 is 2.20. The number of carbonyl (C=O) groups is 2. The number of carboxylic acids is 1. The highest BCUT2D eigenvalue weighted by Gasteiger charge is 2.30. The minimum atomic E-state index is -0.762. The van der Waals surface area contributed by atoms with E-state index in [1.54, 1.807) is 6.07 Å². The van der Waals surface area contributed by atoms with Crippen LogP contribution in [-0.4, -0.2) is 23.0 Å². The van der Waals surface area contributed by atoms with Crippen molar-refractivity contribution in [2.75, 3.05) is 0 Å². The monoisotopic (exact) mass is 373 g/mol. The third kappa shape index (κ3) is 3.46. The predicted octanol–water partition coefficient (Wildman–Crippen LogP) is 2.58. The first kappa shape index (κ1) is 14.3. The van der Waals surface area contributed by atoms with E-state index in [9.17, 15) is 9.59 Å². The lowest BCUT2D eigenvalue weighted by molar-refractivity contribution is -0.141. The fourth-order valence-electron chi connectivity index (χ4n) is 2.34. The molecule has 0 heterocycles. The van der Waals surface area contributed by atoms with Crippen LogP contribution in [-0.2, 0) is 4.79 Å². The second-order valence-corrected chi connectivity index (χ2v) is 6.14. The van der Waals surface area contributed by atoms with E-state index < -0.39 is 5.97 Å². The second-order valence-electron chi connectivity index (χ2n) is 4.98. The Labute approximate surface area is 125 Å². The molecular formula is C14H16INO3. The molecule has 0 aliphatic heterocycles. The van der Waals surface area contributed by atoms with Gasteiger partial charge in [-0.15, -0.1) is 0 Å². The van der Waals surface area contributed by atoms with E-state index in [0.717, 1.165) is 15.6 Å². The van der Waals surface area contributed by atoms with Crippen LogP contribution in [0.15, 0.2) is 18.2 Å². The number of aryl methyl sites for hydroxylation is 1. The van der Waals surface area contributed by atoms with E-state index in [-0.39, 0.29) is 17.9 Å². The molecule has 1 aliphatic carbocycles. The van der Waals surface area contributed by atoms with E-state index in [1.165, 1.54) is 0 Å². The highest BCUT2D eigenvalue weighted by molar-refractivity contribution is 14.1. The number of halogens is 1. The highest BCUT2D eigenvalue weighted by atomic mass is 127. The third-order valence-electron chi connectivity index (χ3n) is 3.55. The number of rotatable bonds is 3. The molecule has 1 amide bonds. The first-order chi connectivity index (χ1) is 8.97. The molecule has 0 radical (unpaired) electrons. The maximum atomic E-state index is 12.1. The number of carboxylic acid groups (broad SMARTS) is 1. The first-order valence-corrected chi connectivity index (χ1v) is 7.35. The zero-order chi connectivity index (χ0) is 14.0. The number of carbonyl (C=O) groups excluding carboxylic acids is 1. The molecule has 1 saturated carbocycles. The lowest BCUT2D eigenvalue weighted by Gasteiger charge is -2.13. The van der Waals surface area contributed by atoms with Gasteiger partial charge in [0.25, 0.3) is 5.91 Å². The fraction of sp³-hybridized carbons (Fsp3) is 0.429. The minimum absolute atomic E-state index is 0.0208. The molecule has 102 valence electrons. The Morgan fingerprint density at radius 3 is 2.68 bits per heavy atom. The Kier molecular flexibility index (Phi) is 4.44. The molecule has 2 N–H and O–H groups in total. The molecule has 4 nitrogen and oxygen atoms in total. The Bertz CT molecular complexity index is 515. The van der Waals surface area contributed by atoms with Gasteiger partial charge in [-0.2, -0.15) is 0 Å². The van der Waals surface area contributed by atoms with Gasteiger partial charge in [0.2, 0.25) is 0 Å². The summed E-state index contributed by atoms with van der Waals surface area (Å²) < 4.78 is 1.06. The van der Waals surface area contributed by atoms with Crippen molar-refractivity contribution in [2.24, 2.45) is 5.92 Å². The number of aliphatic carboxylic acids is 1. The van der Waals surface area contributed by atoms with Crippen molar-refractivity contribution in [3.05, 3.63) is 32.9 Å². The van der Waals surface area contributed by atoms with Crippen LogP contribution in [0.25, 0.3) is 0 Å². The summed E-state index contributed by atoms with van der Waals surface area (Å²) in [5.74, 6) is -1.20. The first-order valence-electron chi connectivity index (χ1n) is 6.27. The average Bonchev–Trinajstić information content (AvgIpc) is 2.81. The SMILES string of the molecule is Cc1ccc(C(=O)N[C@@H]2CC[C@H](C(=O)O)C2)cc1I. The number of hydrogen-bond acceptors (Lipinski definition) is 2. The summed E-state index contributed by atoms with van der Waals surface area (Å²) in [6, 6.07) is 5.56. The van der Waals surface area contributed by atoms with Gasteiger partial charge in [0.1, 0.15) is 0 Å². The number of amides is 1. The number of nitrogens with one attached hydrogen (secondary N) is 1. The Morgan fingerprint density at radius 2 is 2.11 bits per heavy atom. The van der Waals surface area contributed by atoms with Gasteiger partial charge in [-0.3, -0.25) is 9.59 Å². The highest BCUT2D eigenvalue weighted by Crippen LogP contribution is 2.26. The third-order valence-corrected chi connectivity index (χ3v) is 4.71. The van der Waals surface area contributed by atoms with Gasteiger partial charge >= 0.3 is 5.97 Å². The molecule has 1 fully saturated rings. The smallest absolute Gasteiger partial charge is 0.306 e. The van der Waals surface area contributed by atoms with Crippen molar-refractivity contribution in [3.63, 3.8) is 0 Å². The topological polar surface area (TPSA) is 66.4 Å². The van der Waals surface area contributed by atoms with Gasteiger partial charge in [0.05, 0.1) is 5.92 Å². The number of hydrogen-bond donors (Lipinski definition) is 2. The van der Waals surface area contributed by atoms with Gasteiger partial charge in [-0.1, -0.05) is 6.07 Å². The molecular weight excluding hydrogens is 357 g/mol. The van der Waals surface area contributed by atoms with Crippen LogP contribution in [0.2, 0.25) is 0 Å². The zero-order valence-electron chi connectivity index (χ0n) is 10.6. The van der Waals surface area contributed by atoms with Crippen LogP contribution in [0.1, 0.15) is 35.2 Å². The molecule has 0 bridgehead atoms. The summed E-state index contributed by atoms with van der Waals surface area (Å²) in [5, 5.41) is 11.9. The van der Waals surface area contributed by atoms with Crippen molar-refractivity contribution >= 4 is 34.5 Å². The van der Waals surface area contributed by atoms with E-state index in [2.05, 4.69) is 27.9 Å². The lowest BCUT2D eigenvalue weighted by atomic mass is 10.1. The molecule has 19 heavy (non-hydrogen) atoms. The zero-order valence-corrected chi connectivity index (χ0v) is 12.8. The molecule has 1 aromatic carbocycles. The van der Waals surface area contributed by atoms with E-state index >= 15 is 0 Å². The Balaban J connectivity index is 1.98. The van der Waals surface area contributed by atoms with Gasteiger partial charge < -0.3 is 10.4 Å². The van der Waals surface area contributed by atoms with Gasteiger partial charge in [0.15, 0.2) is 0 Å². The standard InChI is InChI=1S/C14H16INO3/c1-8-2-3-9(7-12(8)15)13(17)16-11-5-4-10(6-11)14(18)19/h2-3,7,10-11H,4-6H2,1H3,(H,16,17)(H,18,19)/t10-,11+/m0/s1. The molecule has 1 aromatic rings. The van der Waals surface area contributed by atoms with Crippen LogP contribution >= 0.6 is 22.6 Å². The Morgan fingerprint density at radius 1 is 1.37 bits per heavy atom. The summed E-state index contributed by atoms with van der Waals surface area (Å²) in [5.41, 5.74) is 1.78. The van der Waals surface area contributed by atoms with Crippen molar-refractivity contribution in [1.29, 1.82) is 0 Å². The quantitative estimate of drug-likeness (QED) is 0.801. The molecule has 1 aliphatic rings. The summed E-state index contributed by atoms with van der Waals surface area (Å²) in [6.07, 6.45) is 1.92. The largest absolute Gasteiger partial charge is 0.481 e. The Hall–Kier alpha value is -1.11. The van der Waals surface area contributed by atoms with E-state index in [1.807, 2.05) is 19.1 Å². The summed E-state index contributed by atoms with van der Waals surface area (Å²) in [7, 11) is 0.